The van der Waals surface area contributed by atoms with Crippen LogP contribution in [0.15, 0.2) is 53.1 Å². The average molecular weight is 430 g/mol. The molecule has 7 heteroatoms. The van der Waals surface area contributed by atoms with Crippen LogP contribution in [-0.4, -0.2) is 32.1 Å². The molecule has 0 bridgehead atoms. The van der Waals surface area contributed by atoms with Crippen molar-refractivity contribution >= 4 is 16.8 Å². The Morgan fingerprint density at radius 1 is 1.12 bits per heavy atom. The van der Waals surface area contributed by atoms with Crippen molar-refractivity contribution in [1.82, 2.24) is 25.5 Å². The van der Waals surface area contributed by atoms with Crippen LogP contribution in [0.3, 0.4) is 0 Å². The first-order valence-corrected chi connectivity index (χ1v) is 11.4. The van der Waals surface area contributed by atoms with Gasteiger partial charge in [0, 0.05) is 11.6 Å². The topological polar surface area (TPSA) is 85.8 Å². The Hall–Kier alpha value is -3.48. The van der Waals surface area contributed by atoms with E-state index in [1.54, 1.807) is 4.68 Å². The third-order valence-electron chi connectivity index (χ3n) is 6.15. The minimum absolute atomic E-state index is 0.123. The molecule has 5 rings (SSSR count). The molecule has 2 heterocycles. The summed E-state index contributed by atoms with van der Waals surface area (Å²) in [6, 6.07) is 16.0. The average Bonchev–Trinajstić information content (AvgIpc) is 3.44. The summed E-state index contributed by atoms with van der Waals surface area (Å²) >= 11 is 0. The number of benzene rings is 2. The van der Waals surface area contributed by atoms with Crippen LogP contribution in [0.2, 0.25) is 0 Å². The number of nitrogens with one attached hydrogen (secondary N) is 1. The van der Waals surface area contributed by atoms with Gasteiger partial charge in [-0.1, -0.05) is 73.3 Å². The van der Waals surface area contributed by atoms with Gasteiger partial charge in [-0.3, -0.25) is 4.79 Å². The molecule has 2 aromatic heterocycles. The van der Waals surface area contributed by atoms with E-state index in [0.717, 1.165) is 52.9 Å². The van der Waals surface area contributed by atoms with E-state index in [9.17, 15) is 4.79 Å². The Morgan fingerprint density at radius 2 is 1.94 bits per heavy atom. The van der Waals surface area contributed by atoms with Gasteiger partial charge in [0.05, 0.1) is 16.8 Å². The SMILES string of the molecule is CCCc1c(C(=O)NC2CCCCC2)nnn1-c1ccc2noc(-c3ccccc3)c2c1. The highest BCUT2D eigenvalue weighted by molar-refractivity contribution is 5.94. The molecule has 1 aliphatic rings. The van der Waals surface area contributed by atoms with E-state index >= 15 is 0 Å². The van der Waals surface area contributed by atoms with Crippen molar-refractivity contribution in [3.8, 4) is 17.0 Å². The predicted molar refractivity (Wildman–Crippen MR) is 123 cm³/mol. The van der Waals surface area contributed by atoms with E-state index in [1.165, 1.54) is 19.3 Å². The molecule has 0 aliphatic heterocycles. The normalized spacial score (nSPS) is 14.7. The fourth-order valence-corrected chi connectivity index (χ4v) is 4.51. The summed E-state index contributed by atoms with van der Waals surface area (Å²) in [4.78, 5) is 13.0. The maximum absolute atomic E-state index is 13.0. The van der Waals surface area contributed by atoms with E-state index in [1.807, 2.05) is 48.5 Å². The number of nitrogens with zero attached hydrogens (tertiary/aromatic N) is 4. The monoisotopic (exact) mass is 429 g/mol. The van der Waals surface area contributed by atoms with Crippen molar-refractivity contribution in [1.29, 1.82) is 0 Å². The molecule has 32 heavy (non-hydrogen) atoms. The molecule has 0 saturated heterocycles. The van der Waals surface area contributed by atoms with Crippen molar-refractivity contribution in [2.24, 2.45) is 0 Å². The van der Waals surface area contributed by atoms with Gasteiger partial charge in [-0.2, -0.15) is 0 Å². The molecule has 164 valence electrons. The molecule has 7 nitrogen and oxygen atoms in total. The van der Waals surface area contributed by atoms with Gasteiger partial charge in [-0.05, 0) is 37.5 Å². The second kappa shape index (κ2) is 8.94. The first-order valence-electron chi connectivity index (χ1n) is 11.4. The van der Waals surface area contributed by atoms with Crippen LogP contribution >= 0.6 is 0 Å². The highest BCUT2D eigenvalue weighted by Gasteiger charge is 2.24. The maximum Gasteiger partial charge on any atom is 0.273 e. The zero-order valence-corrected chi connectivity index (χ0v) is 18.3. The molecule has 1 aliphatic carbocycles. The quantitative estimate of drug-likeness (QED) is 0.461. The third-order valence-corrected chi connectivity index (χ3v) is 6.15. The summed E-state index contributed by atoms with van der Waals surface area (Å²) in [6.07, 6.45) is 7.27. The van der Waals surface area contributed by atoms with E-state index < -0.39 is 0 Å². The van der Waals surface area contributed by atoms with Crippen LogP contribution in [0.25, 0.3) is 27.9 Å². The Balaban J connectivity index is 1.51. The van der Waals surface area contributed by atoms with Crippen molar-refractivity contribution < 1.29 is 9.32 Å². The third kappa shape index (κ3) is 3.90. The van der Waals surface area contributed by atoms with Crippen LogP contribution in [0, 0.1) is 0 Å². The molecule has 4 aromatic rings. The highest BCUT2D eigenvalue weighted by Crippen LogP contribution is 2.30. The van der Waals surface area contributed by atoms with Crippen molar-refractivity contribution in [3.63, 3.8) is 0 Å². The lowest BCUT2D eigenvalue weighted by molar-refractivity contribution is 0.0921. The van der Waals surface area contributed by atoms with Gasteiger partial charge in [-0.25, -0.2) is 4.68 Å². The molecule has 0 unspecified atom stereocenters. The minimum atomic E-state index is -0.123. The smallest absolute Gasteiger partial charge is 0.273 e. The lowest BCUT2D eigenvalue weighted by Crippen LogP contribution is -2.36. The largest absolute Gasteiger partial charge is 0.355 e. The number of hydrogen-bond acceptors (Lipinski definition) is 5. The van der Waals surface area contributed by atoms with Gasteiger partial charge in [0.2, 0.25) is 0 Å². The number of carbonyl (C=O) groups is 1. The minimum Gasteiger partial charge on any atom is -0.355 e. The Morgan fingerprint density at radius 3 is 2.72 bits per heavy atom. The van der Waals surface area contributed by atoms with Crippen LogP contribution in [0.4, 0.5) is 0 Å². The summed E-state index contributed by atoms with van der Waals surface area (Å²) in [6.45, 7) is 2.09. The lowest BCUT2D eigenvalue weighted by atomic mass is 9.95. The van der Waals surface area contributed by atoms with Crippen LogP contribution in [-0.2, 0) is 6.42 Å². The molecule has 0 radical (unpaired) electrons. The summed E-state index contributed by atoms with van der Waals surface area (Å²) in [5.41, 5.74) is 3.83. The fourth-order valence-electron chi connectivity index (χ4n) is 4.51. The first kappa shape index (κ1) is 20.4. The molecule has 0 spiro atoms. The second-order valence-electron chi connectivity index (χ2n) is 8.43. The predicted octanol–water partition coefficient (Wildman–Crippen LogP) is 5.09. The number of aromatic nitrogens is 4. The summed E-state index contributed by atoms with van der Waals surface area (Å²) in [5, 5.41) is 16.9. The van der Waals surface area contributed by atoms with E-state index in [-0.39, 0.29) is 11.9 Å². The first-order chi connectivity index (χ1) is 15.7. The van der Waals surface area contributed by atoms with Crippen LogP contribution in [0.5, 0.6) is 0 Å². The molecule has 0 atom stereocenters. The van der Waals surface area contributed by atoms with Crippen LogP contribution < -0.4 is 5.32 Å². The fraction of sp³-hybridized carbons (Fsp3) is 0.360. The maximum atomic E-state index is 13.0. The summed E-state index contributed by atoms with van der Waals surface area (Å²) < 4.78 is 7.42. The zero-order chi connectivity index (χ0) is 21.9. The zero-order valence-electron chi connectivity index (χ0n) is 18.3. The molecule has 1 N–H and O–H groups in total. The second-order valence-corrected chi connectivity index (χ2v) is 8.43. The van der Waals surface area contributed by atoms with Crippen molar-refractivity contribution in [2.75, 3.05) is 0 Å². The molecule has 1 amide bonds. The van der Waals surface area contributed by atoms with Crippen molar-refractivity contribution in [3.05, 3.63) is 59.9 Å². The standard InChI is InChI=1S/C25H27N5O2/c1-2-9-22-23(25(31)26-18-12-7-4-8-13-18)27-29-30(22)19-14-15-21-20(16-19)24(32-28-21)17-10-5-3-6-11-17/h3,5-6,10-11,14-16,18H,2,4,7-9,12-13H2,1H3,(H,26,31). The number of rotatable bonds is 6. The summed E-state index contributed by atoms with van der Waals surface area (Å²) in [5.74, 6) is 0.595. The summed E-state index contributed by atoms with van der Waals surface area (Å²) in [7, 11) is 0. The van der Waals surface area contributed by atoms with E-state index in [2.05, 4.69) is 27.7 Å². The van der Waals surface area contributed by atoms with E-state index in [4.69, 9.17) is 4.52 Å². The van der Waals surface area contributed by atoms with Gasteiger partial charge >= 0.3 is 0 Å². The molecule has 1 saturated carbocycles. The van der Waals surface area contributed by atoms with E-state index in [0.29, 0.717) is 12.1 Å². The molecule has 1 fully saturated rings. The van der Waals surface area contributed by atoms with Gasteiger partial charge in [-0.15, -0.1) is 5.10 Å². The van der Waals surface area contributed by atoms with Gasteiger partial charge in [0.25, 0.3) is 5.91 Å². The number of hydrogen-bond donors (Lipinski definition) is 1. The molecule has 2 aromatic carbocycles. The Bertz CT molecular complexity index is 1220. The highest BCUT2D eigenvalue weighted by atomic mass is 16.5. The Labute approximate surface area is 186 Å². The molecular formula is C25H27N5O2. The Kier molecular flexibility index (Phi) is 5.71. The number of carbonyl (C=O) groups excluding carboxylic acids is 1. The van der Waals surface area contributed by atoms with Gasteiger partial charge in [0.15, 0.2) is 11.5 Å². The number of amides is 1. The van der Waals surface area contributed by atoms with Crippen molar-refractivity contribution in [2.45, 2.75) is 57.9 Å². The number of fused-ring (bicyclic) bond motifs is 1. The van der Waals surface area contributed by atoms with Gasteiger partial charge < -0.3 is 9.84 Å². The lowest BCUT2D eigenvalue weighted by Gasteiger charge is -2.22. The molecular weight excluding hydrogens is 402 g/mol. The van der Waals surface area contributed by atoms with Gasteiger partial charge in [0.1, 0.15) is 5.52 Å². The van der Waals surface area contributed by atoms with Crippen LogP contribution in [0.1, 0.15) is 61.6 Å².